The maximum atomic E-state index is 15.1. The summed E-state index contributed by atoms with van der Waals surface area (Å²) in [5.74, 6) is -2.19. The summed E-state index contributed by atoms with van der Waals surface area (Å²) in [7, 11) is 1.44. The third kappa shape index (κ3) is 3.57. The molecule has 0 bridgehead atoms. The van der Waals surface area contributed by atoms with E-state index in [4.69, 9.17) is 11.6 Å². The molecular formula is C33H29ClN4O5. The summed E-state index contributed by atoms with van der Waals surface area (Å²) in [6.07, 6.45) is 2.06. The lowest BCUT2D eigenvalue weighted by molar-refractivity contribution is -0.124. The van der Waals surface area contributed by atoms with Crippen LogP contribution in [0.2, 0.25) is 5.02 Å². The van der Waals surface area contributed by atoms with E-state index in [2.05, 4.69) is 0 Å². The smallest absolute Gasteiger partial charge is 0.347 e. The number of aromatic hydroxyl groups is 1. The first-order valence-electron chi connectivity index (χ1n) is 14.1. The maximum Gasteiger partial charge on any atom is 0.347 e. The fraction of sp³-hybridized carbons (Fsp3) is 0.273. The molecule has 3 aliphatic rings. The molecule has 3 heterocycles. The molecule has 4 atom stereocenters. The topological polar surface area (TPSA) is 107 Å². The first-order chi connectivity index (χ1) is 20.6. The molecule has 7 rings (SSSR count). The summed E-state index contributed by atoms with van der Waals surface area (Å²) in [4.78, 5) is 57.4. The van der Waals surface area contributed by atoms with Gasteiger partial charge in [0.15, 0.2) is 0 Å². The van der Waals surface area contributed by atoms with E-state index >= 15 is 4.79 Å². The van der Waals surface area contributed by atoms with Gasteiger partial charge in [-0.05, 0) is 66.3 Å². The molecule has 3 aromatic carbocycles. The Kier molecular flexibility index (Phi) is 5.97. The number of phenols is 1. The average molecular weight is 597 g/mol. The number of allylic oxidation sites excluding steroid dienone is 2. The highest BCUT2D eigenvalue weighted by molar-refractivity contribution is 6.32. The van der Waals surface area contributed by atoms with Crippen molar-refractivity contribution in [3.8, 4) is 5.75 Å². The molecule has 4 aromatic rings. The number of aryl methyl sites for hydroxylation is 2. The minimum Gasteiger partial charge on any atom is -0.507 e. The van der Waals surface area contributed by atoms with Crippen LogP contribution in [0.4, 0.5) is 5.69 Å². The lowest BCUT2D eigenvalue weighted by Crippen LogP contribution is -2.53. The van der Waals surface area contributed by atoms with Gasteiger partial charge < -0.3 is 5.11 Å². The number of carbonyl (C=O) groups is 2. The largest absolute Gasteiger partial charge is 0.507 e. The Morgan fingerprint density at radius 3 is 2.28 bits per heavy atom. The summed E-state index contributed by atoms with van der Waals surface area (Å²) in [5, 5.41) is 11.1. The number of hydrogen-bond acceptors (Lipinski definition) is 5. The Labute approximate surface area is 251 Å². The first kappa shape index (κ1) is 27.2. The van der Waals surface area contributed by atoms with Crippen LogP contribution in [0.15, 0.2) is 88.0 Å². The monoisotopic (exact) mass is 596 g/mol. The van der Waals surface area contributed by atoms with Gasteiger partial charge >= 0.3 is 11.4 Å². The van der Waals surface area contributed by atoms with Crippen molar-refractivity contribution in [2.45, 2.75) is 44.2 Å². The van der Waals surface area contributed by atoms with E-state index in [1.165, 1.54) is 21.3 Å². The fourth-order valence-electron chi connectivity index (χ4n) is 7.65. The van der Waals surface area contributed by atoms with Gasteiger partial charge in [-0.25, -0.2) is 28.4 Å². The number of carbonyl (C=O) groups excluding carboxylic acids is 2. The Bertz CT molecular complexity index is 1980. The SMILES string of the molecule is Cc1cc([C@H]2C3=CCn4c(=O)n(C)c(=O)n4[C@@H]3C[C@H]3C(=O)N(c4cccc(Cl)c4)C(=O)[C@@]23c2ccccc2)cc(C)c1O. The molecular weight excluding hydrogens is 568 g/mol. The van der Waals surface area contributed by atoms with Gasteiger partial charge in [-0.1, -0.05) is 66.2 Å². The lowest BCUT2D eigenvalue weighted by Gasteiger charge is -2.49. The van der Waals surface area contributed by atoms with Gasteiger partial charge in [-0.15, -0.1) is 0 Å². The van der Waals surface area contributed by atoms with E-state index in [0.717, 1.165) is 15.7 Å². The Hall–Kier alpha value is -4.63. The Morgan fingerprint density at radius 1 is 0.907 bits per heavy atom. The number of phenolic OH excluding ortho intramolecular Hbond substituents is 1. The molecule has 43 heavy (non-hydrogen) atoms. The molecule has 218 valence electrons. The number of amides is 2. The van der Waals surface area contributed by atoms with Crippen molar-refractivity contribution in [3.05, 3.63) is 127 Å². The van der Waals surface area contributed by atoms with Gasteiger partial charge in [0.2, 0.25) is 11.8 Å². The number of imide groups is 1. The molecule has 1 aliphatic carbocycles. The summed E-state index contributed by atoms with van der Waals surface area (Å²) >= 11 is 6.33. The Morgan fingerprint density at radius 2 is 1.60 bits per heavy atom. The highest BCUT2D eigenvalue weighted by Crippen LogP contribution is 2.62. The van der Waals surface area contributed by atoms with Gasteiger partial charge in [0.05, 0.1) is 29.6 Å². The van der Waals surface area contributed by atoms with Gasteiger partial charge in [0.25, 0.3) is 0 Å². The van der Waals surface area contributed by atoms with E-state index in [9.17, 15) is 19.5 Å². The zero-order valence-corrected chi connectivity index (χ0v) is 24.6. The van der Waals surface area contributed by atoms with Crippen molar-refractivity contribution in [3.63, 3.8) is 0 Å². The minimum atomic E-state index is -1.38. The van der Waals surface area contributed by atoms with Gasteiger partial charge in [0, 0.05) is 18.0 Å². The second-order valence-corrected chi connectivity index (χ2v) is 12.1. The van der Waals surface area contributed by atoms with Crippen LogP contribution in [0.3, 0.4) is 0 Å². The molecule has 0 radical (unpaired) electrons. The van der Waals surface area contributed by atoms with Crippen LogP contribution < -0.4 is 16.3 Å². The second kappa shape index (κ2) is 9.44. The van der Waals surface area contributed by atoms with E-state index < -0.39 is 40.6 Å². The van der Waals surface area contributed by atoms with Crippen molar-refractivity contribution in [1.82, 2.24) is 13.9 Å². The standard InChI is InChI=1S/C33H29ClN4O5/c1-18-14-20(15-19(2)28(18)39)27-24-12-13-36-31(42)35(3)32(43)38(36)26(24)17-25-29(40)37(23-11-7-10-22(34)16-23)30(41)33(25,27)21-8-5-4-6-9-21/h4-12,14-16,25-27,39H,13,17H2,1-3H3/t25-,26+,27-,33+/m0/s1. The number of hydrogen-bond donors (Lipinski definition) is 1. The van der Waals surface area contributed by atoms with Crippen molar-refractivity contribution >= 4 is 29.1 Å². The number of nitrogens with zero attached hydrogens (tertiary/aromatic N) is 4. The van der Waals surface area contributed by atoms with Gasteiger partial charge in [-0.2, -0.15) is 0 Å². The molecule has 9 nitrogen and oxygen atoms in total. The van der Waals surface area contributed by atoms with Crippen LogP contribution >= 0.6 is 11.6 Å². The van der Waals surface area contributed by atoms with Gasteiger partial charge in [0.1, 0.15) is 5.75 Å². The maximum absolute atomic E-state index is 15.1. The van der Waals surface area contributed by atoms with Crippen LogP contribution in [0.25, 0.3) is 0 Å². The second-order valence-electron chi connectivity index (χ2n) is 11.7. The van der Waals surface area contributed by atoms with Crippen LogP contribution in [-0.4, -0.2) is 30.9 Å². The number of halogens is 1. The highest BCUT2D eigenvalue weighted by Gasteiger charge is 2.68. The summed E-state index contributed by atoms with van der Waals surface area (Å²) in [6, 6.07) is 19.1. The molecule has 2 fully saturated rings. The molecule has 2 amide bonds. The molecule has 0 unspecified atom stereocenters. The van der Waals surface area contributed by atoms with Crippen molar-refractivity contribution in [2.75, 3.05) is 4.90 Å². The van der Waals surface area contributed by atoms with Crippen LogP contribution in [0, 0.1) is 19.8 Å². The number of aromatic nitrogens is 3. The number of anilines is 1. The summed E-state index contributed by atoms with van der Waals surface area (Å²) in [5.41, 5.74) is 1.54. The van der Waals surface area contributed by atoms with Crippen LogP contribution in [-0.2, 0) is 28.6 Å². The Balaban J connectivity index is 1.57. The molecule has 1 aromatic heterocycles. The first-order valence-corrected chi connectivity index (χ1v) is 14.5. The molecule has 10 heteroatoms. The van der Waals surface area contributed by atoms with Crippen molar-refractivity contribution < 1.29 is 14.7 Å². The predicted octanol–water partition coefficient (Wildman–Crippen LogP) is 4.12. The lowest BCUT2D eigenvalue weighted by atomic mass is 9.53. The molecule has 2 aliphatic heterocycles. The molecule has 1 saturated carbocycles. The van der Waals surface area contributed by atoms with E-state index in [1.54, 1.807) is 38.1 Å². The minimum absolute atomic E-state index is 0.137. The zero-order valence-electron chi connectivity index (χ0n) is 23.8. The summed E-state index contributed by atoms with van der Waals surface area (Å²) < 4.78 is 3.91. The third-order valence-corrected chi connectivity index (χ3v) is 9.70. The van der Waals surface area contributed by atoms with E-state index in [0.29, 0.717) is 27.4 Å². The molecule has 1 N–H and O–H groups in total. The highest BCUT2D eigenvalue weighted by atomic mass is 35.5. The van der Waals surface area contributed by atoms with E-state index in [-0.39, 0.29) is 24.6 Å². The molecule has 1 saturated heterocycles. The number of rotatable bonds is 3. The third-order valence-electron chi connectivity index (χ3n) is 9.47. The normalized spacial score (nSPS) is 24.4. The fourth-order valence-corrected chi connectivity index (χ4v) is 7.83. The predicted molar refractivity (Wildman–Crippen MR) is 162 cm³/mol. The zero-order chi connectivity index (χ0) is 30.4. The van der Waals surface area contributed by atoms with E-state index in [1.807, 2.05) is 48.5 Å². The average Bonchev–Trinajstić information content (AvgIpc) is 3.36. The van der Waals surface area contributed by atoms with Crippen LogP contribution in [0.1, 0.15) is 40.6 Å². The van der Waals surface area contributed by atoms with Crippen LogP contribution in [0.5, 0.6) is 5.75 Å². The number of benzene rings is 3. The van der Waals surface area contributed by atoms with Gasteiger partial charge in [-0.3, -0.25) is 9.59 Å². The van der Waals surface area contributed by atoms with Crippen molar-refractivity contribution in [2.24, 2.45) is 13.0 Å². The van der Waals surface area contributed by atoms with Crippen molar-refractivity contribution in [1.29, 1.82) is 0 Å². The summed E-state index contributed by atoms with van der Waals surface area (Å²) in [6.45, 7) is 3.74. The quantitative estimate of drug-likeness (QED) is 0.283. The number of fused-ring (bicyclic) bond motifs is 4. The molecule has 0 spiro atoms.